The SMILES string of the molecule is CCNC1CCCN(C(C)Cc2cccs2)C1. The molecule has 0 saturated carbocycles. The van der Waals surface area contributed by atoms with Gasteiger partial charge in [-0.25, -0.2) is 0 Å². The summed E-state index contributed by atoms with van der Waals surface area (Å²) in [5.74, 6) is 0. The summed E-state index contributed by atoms with van der Waals surface area (Å²) >= 11 is 1.88. The van der Waals surface area contributed by atoms with Crippen LogP contribution in [0.15, 0.2) is 17.5 Å². The minimum Gasteiger partial charge on any atom is -0.313 e. The van der Waals surface area contributed by atoms with E-state index in [1.165, 1.54) is 37.2 Å². The van der Waals surface area contributed by atoms with Crippen molar-refractivity contribution in [3.63, 3.8) is 0 Å². The van der Waals surface area contributed by atoms with Crippen LogP contribution in [-0.4, -0.2) is 36.6 Å². The van der Waals surface area contributed by atoms with Gasteiger partial charge < -0.3 is 5.32 Å². The van der Waals surface area contributed by atoms with Crippen molar-refractivity contribution in [1.29, 1.82) is 0 Å². The molecule has 1 aromatic heterocycles. The van der Waals surface area contributed by atoms with Crippen LogP contribution in [0.3, 0.4) is 0 Å². The molecule has 2 atom stereocenters. The van der Waals surface area contributed by atoms with Crippen LogP contribution >= 0.6 is 11.3 Å². The van der Waals surface area contributed by atoms with Gasteiger partial charge in [-0.15, -0.1) is 11.3 Å². The monoisotopic (exact) mass is 252 g/mol. The minimum atomic E-state index is 0.676. The molecule has 0 aliphatic carbocycles. The number of likely N-dealkylation sites (N-methyl/N-ethyl adjacent to an activating group) is 1. The Morgan fingerprint density at radius 3 is 3.18 bits per heavy atom. The molecule has 0 bridgehead atoms. The van der Waals surface area contributed by atoms with Crippen molar-refractivity contribution >= 4 is 11.3 Å². The molecule has 0 radical (unpaired) electrons. The fraction of sp³-hybridized carbons (Fsp3) is 0.714. The van der Waals surface area contributed by atoms with Gasteiger partial charge in [0.05, 0.1) is 0 Å². The average Bonchev–Trinajstić information content (AvgIpc) is 2.83. The zero-order valence-electron chi connectivity index (χ0n) is 11.0. The van der Waals surface area contributed by atoms with Crippen LogP contribution in [0.4, 0.5) is 0 Å². The third kappa shape index (κ3) is 3.80. The molecule has 1 aliphatic heterocycles. The molecule has 3 heteroatoms. The topological polar surface area (TPSA) is 15.3 Å². The second kappa shape index (κ2) is 6.53. The largest absolute Gasteiger partial charge is 0.313 e. The molecule has 2 nitrogen and oxygen atoms in total. The Morgan fingerprint density at radius 1 is 1.59 bits per heavy atom. The fourth-order valence-electron chi connectivity index (χ4n) is 2.71. The lowest BCUT2D eigenvalue weighted by Gasteiger charge is -2.37. The van der Waals surface area contributed by atoms with E-state index in [-0.39, 0.29) is 0 Å². The van der Waals surface area contributed by atoms with E-state index >= 15 is 0 Å². The third-order valence-electron chi connectivity index (χ3n) is 3.65. The summed E-state index contributed by atoms with van der Waals surface area (Å²) in [6, 6.07) is 5.80. The molecule has 2 heterocycles. The Kier molecular flexibility index (Phi) is 5.01. The lowest BCUT2D eigenvalue weighted by molar-refractivity contribution is 0.146. The van der Waals surface area contributed by atoms with Crippen LogP contribution in [0.25, 0.3) is 0 Å². The summed E-state index contributed by atoms with van der Waals surface area (Å²) in [5, 5.41) is 5.77. The second-order valence-electron chi connectivity index (χ2n) is 5.02. The van der Waals surface area contributed by atoms with Gasteiger partial charge in [-0.1, -0.05) is 13.0 Å². The Hall–Kier alpha value is -0.380. The zero-order chi connectivity index (χ0) is 12.1. The van der Waals surface area contributed by atoms with Crippen LogP contribution in [-0.2, 0) is 6.42 Å². The van der Waals surface area contributed by atoms with Crippen molar-refractivity contribution in [2.24, 2.45) is 0 Å². The first kappa shape index (κ1) is 13.1. The van der Waals surface area contributed by atoms with Gasteiger partial charge in [-0.05, 0) is 50.7 Å². The summed E-state index contributed by atoms with van der Waals surface area (Å²) in [6.07, 6.45) is 3.89. The summed E-state index contributed by atoms with van der Waals surface area (Å²) in [7, 11) is 0. The van der Waals surface area contributed by atoms with Crippen molar-refractivity contribution in [2.75, 3.05) is 19.6 Å². The number of piperidine rings is 1. The predicted molar refractivity (Wildman–Crippen MR) is 75.8 cm³/mol. The van der Waals surface area contributed by atoms with Crippen LogP contribution in [0.5, 0.6) is 0 Å². The molecule has 1 N–H and O–H groups in total. The van der Waals surface area contributed by atoms with Crippen molar-refractivity contribution < 1.29 is 0 Å². The van der Waals surface area contributed by atoms with E-state index in [2.05, 4.69) is 41.6 Å². The molecular weight excluding hydrogens is 228 g/mol. The maximum absolute atomic E-state index is 3.59. The maximum Gasteiger partial charge on any atom is 0.0195 e. The van der Waals surface area contributed by atoms with Crippen LogP contribution in [0, 0.1) is 0 Å². The standard InChI is InChI=1S/C14H24N2S/c1-3-15-13-6-4-8-16(11-13)12(2)10-14-7-5-9-17-14/h5,7,9,12-13,15H,3-4,6,8,10-11H2,1-2H3. The molecule has 1 saturated heterocycles. The number of nitrogens with zero attached hydrogens (tertiary/aromatic N) is 1. The van der Waals surface area contributed by atoms with Crippen molar-refractivity contribution in [2.45, 2.75) is 45.2 Å². The van der Waals surface area contributed by atoms with Crippen molar-refractivity contribution in [3.05, 3.63) is 22.4 Å². The Labute approximate surface area is 109 Å². The lowest BCUT2D eigenvalue weighted by atomic mass is 10.0. The smallest absolute Gasteiger partial charge is 0.0195 e. The average molecular weight is 252 g/mol. The first-order chi connectivity index (χ1) is 8.29. The minimum absolute atomic E-state index is 0.676. The highest BCUT2D eigenvalue weighted by molar-refractivity contribution is 7.09. The fourth-order valence-corrected chi connectivity index (χ4v) is 3.54. The van der Waals surface area contributed by atoms with Gasteiger partial charge in [-0.2, -0.15) is 0 Å². The van der Waals surface area contributed by atoms with Gasteiger partial charge in [0.2, 0.25) is 0 Å². The Bertz CT molecular complexity index is 308. The zero-order valence-corrected chi connectivity index (χ0v) is 11.8. The summed E-state index contributed by atoms with van der Waals surface area (Å²) in [4.78, 5) is 4.17. The van der Waals surface area contributed by atoms with Gasteiger partial charge in [0, 0.05) is 23.5 Å². The first-order valence-corrected chi connectivity index (χ1v) is 7.67. The summed E-state index contributed by atoms with van der Waals surface area (Å²) in [6.45, 7) is 8.16. The molecule has 2 rings (SSSR count). The Balaban J connectivity index is 1.84. The van der Waals surface area contributed by atoms with Gasteiger partial charge in [0.1, 0.15) is 0 Å². The molecule has 0 amide bonds. The summed E-state index contributed by atoms with van der Waals surface area (Å²) in [5.41, 5.74) is 0. The normalized spacial score (nSPS) is 23.8. The number of rotatable bonds is 5. The molecule has 1 fully saturated rings. The number of thiophene rings is 1. The highest BCUT2D eigenvalue weighted by Crippen LogP contribution is 2.18. The van der Waals surface area contributed by atoms with Crippen LogP contribution < -0.4 is 5.32 Å². The quantitative estimate of drug-likeness (QED) is 0.867. The van der Waals surface area contributed by atoms with Crippen molar-refractivity contribution in [3.8, 4) is 0 Å². The van der Waals surface area contributed by atoms with E-state index < -0.39 is 0 Å². The van der Waals surface area contributed by atoms with E-state index in [0.29, 0.717) is 12.1 Å². The Morgan fingerprint density at radius 2 is 2.47 bits per heavy atom. The maximum atomic E-state index is 3.59. The molecule has 2 unspecified atom stereocenters. The van der Waals surface area contributed by atoms with E-state index in [0.717, 1.165) is 6.54 Å². The third-order valence-corrected chi connectivity index (χ3v) is 4.54. The van der Waals surface area contributed by atoms with Crippen LogP contribution in [0.1, 0.15) is 31.6 Å². The van der Waals surface area contributed by atoms with Gasteiger partial charge >= 0.3 is 0 Å². The highest BCUT2D eigenvalue weighted by atomic mass is 32.1. The lowest BCUT2D eigenvalue weighted by Crippen LogP contribution is -2.49. The predicted octanol–water partition coefficient (Wildman–Crippen LogP) is 2.75. The van der Waals surface area contributed by atoms with E-state index in [4.69, 9.17) is 0 Å². The number of hydrogen-bond donors (Lipinski definition) is 1. The van der Waals surface area contributed by atoms with Gasteiger partial charge in [0.15, 0.2) is 0 Å². The molecule has 0 spiro atoms. The van der Waals surface area contributed by atoms with Crippen molar-refractivity contribution in [1.82, 2.24) is 10.2 Å². The van der Waals surface area contributed by atoms with Gasteiger partial charge in [-0.3, -0.25) is 4.90 Å². The number of nitrogens with one attached hydrogen (secondary N) is 1. The highest BCUT2D eigenvalue weighted by Gasteiger charge is 2.22. The second-order valence-corrected chi connectivity index (χ2v) is 6.06. The van der Waals surface area contributed by atoms with E-state index in [1.54, 1.807) is 0 Å². The first-order valence-electron chi connectivity index (χ1n) is 6.79. The van der Waals surface area contributed by atoms with Gasteiger partial charge in [0.25, 0.3) is 0 Å². The van der Waals surface area contributed by atoms with E-state index in [1.807, 2.05) is 11.3 Å². The number of hydrogen-bond acceptors (Lipinski definition) is 3. The molecule has 17 heavy (non-hydrogen) atoms. The molecule has 0 aromatic carbocycles. The summed E-state index contributed by atoms with van der Waals surface area (Å²) < 4.78 is 0. The molecule has 96 valence electrons. The molecule has 1 aromatic rings. The molecular formula is C14H24N2S. The number of likely N-dealkylation sites (tertiary alicyclic amines) is 1. The molecule has 1 aliphatic rings. The van der Waals surface area contributed by atoms with E-state index in [9.17, 15) is 0 Å². The van der Waals surface area contributed by atoms with Crippen LogP contribution in [0.2, 0.25) is 0 Å².